The molecule has 0 spiro atoms. The molecule has 1 aliphatic rings. The molecule has 1 fully saturated rings. The number of nitriles is 1. The number of carbonyl (C=O) groups is 1. The van der Waals surface area contributed by atoms with Gasteiger partial charge in [0.25, 0.3) is 0 Å². The Kier molecular flexibility index (Phi) is 3.94. The van der Waals surface area contributed by atoms with E-state index in [-0.39, 0.29) is 4.90 Å². The Balaban J connectivity index is 2.08. The lowest BCUT2D eigenvalue weighted by atomic mass is 10.0. The van der Waals surface area contributed by atoms with Crippen molar-refractivity contribution in [2.75, 3.05) is 0 Å². The number of nitrogens with zero attached hydrogens (tertiary/aromatic N) is 1. The topological polar surface area (TPSA) is 75.0 Å². The Bertz CT molecular complexity index is 935. The fraction of sp³-hybridized carbons (Fsp3) is 0.176. The van der Waals surface area contributed by atoms with Crippen molar-refractivity contribution in [2.45, 2.75) is 16.1 Å². The molecular formula is C17H11ClFNO3S. The molecule has 4 nitrogen and oxygen atoms in total. The van der Waals surface area contributed by atoms with Crippen molar-refractivity contribution in [3.8, 4) is 6.07 Å². The molecule has 1 aliphatic carbocycles. The summed E-state index contributed by atoms with van der Waals surface area (Å²) in [5, 5.41) is 8.59. The highest BCUT2D eigenvalue weighted by molar-refractivity contribution is 7.92. The van der Waals surface area contributed by atoms with Crippen LogP contribution in [0, 0.1) is 22.6 Å². The standard InChI is InChI=1S/C17H11ClFNO3S/c18-12-3-7-14(8-4-12)24(22,23)16-15(17(16,9-20)10-21)11-1-5-13(19)6-2-11/h1-8,10,15-16H/t15-,16-,17+/m1/s1. The molecule has 0 N–H and O–H groups in total. The second kappa shape index (κ2) is 5.69. The highest BCUT2D eigenvalue weighted by Crippen LogP contribution is 2.62. The van der Waals surface area contributed by atoms with Gasteiger partial charge < -0.3 is 4.79 Å². The van der Waals surface area contributed by atoms with Crippen molar-refractivity contribution in [2.24, 2.45) is 5.41 Å². The summed E-state index contributed by atoms with van der Waals surface area (Å²) in [4.78, 5) is 11.5. The van der Waals surface area contributed by atoms with Crippen molar-refractivity contribution in [3.63, 3.8) is 0 Å². The van der Waals surface area contributed by atoms with Crippen molar-refractivity contribution in [1.29, 1.82) is 5.26 Å². The van der Waals surface area contributed by atoms with Crippen LogP contribution in [0.3, 0.4) is 0 Å². The third-order valence-electron chi connectivity index (χ3n) is 4.27. The molecule has 24 heavy (non-hydrogen) atoms. The maximum Gasteiger partial charge on any atom is 0.183 e. The van der Waals surface area contributed by atoms with Crippen molar-refractivity contribution >= 4 is 27.7 Å². The number of halogens is 2. The molecule has 1 saturated carbocycles. The minimum atomic E-state index is -3.93. The van der Waals surface area contributed by atoms with Gasteiger partial charge in [-0.15, -0.1) is 0 Å². The monoisotopic (exact) mass is 363 g/mol. The van der Waals surface area contributed by atoms with Gasteiger partial charge in [-0.25, -0.2) is 12.8 Å². The first-order chi connectivity index (χ1) is 11.4. The first kappa shape index (κ1) is 16.6. The van der Waals surface area contributed by atoms with Crippen LogP contribution in [-0.4, -0.2) is 20.0 Å². The minimum Gasteiger partial charge on any atom is -0.302 e. The number of aldehydes is 1. The molecule has 0 heterocycles. The second-order valence-electron chi connectivity index (χ2n) is 5.61. The molecule has 0 amide bonds. The van der Waals surface area contributed by atoms with E-state index in [0.29, 0.717) is 16.9 Å². The van der Waals surface area contributed by atoms with Gasteiger partial charge in [0, 0.05) is 10.9 Å². The number of hydrogen-bond acceptors (Lipinski definition) is 4. The molecule has 0 radical (unpaired) electrons. The lowest BCUT2D eigenvalue weighted by Crippen LogP contribution is -2.16. The SMILES string of the molecule is N#C[C@]1(C=O)[C@H](c2ccc(F)cc2)[C@H]1S(=O)(=O)c1ccc(Cl)cc1. The third-order valence-corrected chi connectivity index (χ3v) is 6.79. The zero-order valence-electron chi connectivity index (χ0n) is 12.2. The number of rotatable bonds is 4. The van der Waals surface area contributed by atoms with E-state index in [1.165, 1.54) is 48.5 Å². The van der Waals surface area contributed by atoms with Gasteiger partial charge >= 0.3 is 0 Å². The molecule has 0 unspecified atom stereocenters. The summed E-state index contributed by atoms with van der Waals surface area (Å²) in [5.74, 6) is -1.31. The van der Waals surface area contributed by atoms with Crippen molar-refractivity contribution in [1.82, 2.24) is 0 Å². The number of benzene rings is 2. The van der Waals surface area contributed by atoms with E-state index in [9.17, 15) is 22.9 Å². The van der Waals surface area contributed by atoms with E-state index in [2.05, 4.69) is 0 Å². The predicted octanol–water partition coefficient (Wildman–Crippen LogP) is 3.13. The van der Waals surface area contributed by atoms with E-state index in [0.717, 1.165) is 0 Å². The zero-order chi connectivity index (χ0) is 17.5. The summed E-state index contributed by atoms with van der Waals surface area (Å²) in [6.45, 7) is 0. The van der Waals surface area contributed by atoms with E-state index >= 15 is 0 Å². The van der Waals surface area contributed by atoms with Crippen LogP contribution < -0.4 is 0 Å². The Morgan fingerprint density at radius 1 is 1.12 bits per heavy atom. The molecule has 3 atom stereocenters. The smallest absolute Gasteiger partial charge is 0.183 e. The number of sulfone groups is 1. The highest BCUT2D eigenvalue weighted by Gasteiger charge is 2.72. The van der Waals surface area contributed by atoms with E-state index in [1.54, 1.807) is 0 Å². The van der Waals surface area contributed by atoms with Crippen LogP contribution in [0.5, 0.6) is 0 Å². The van der Waals surface area contributed by atoms with Gasteiger partial charge in [0.05, 0.1) is 11.0 Å². The van der Waals surface area contributed by atoms with E-state index in [1.807, 2.05) is 6.07 Å². The maximum absolute atomic E-state index is 13.1. The van der Waals surface area contributed by atoms with Gasteiger partial charge in [0.2, 0.25) is 0 Å². The third kappa shape index (κ3) is 2.41. The van der Waals surface area contributed by atoms with Crippen molar-refractivity contribution in [3.05, 3.63) is 64.9 Å². The lowest BCUT2D eigenvalue weighted by Gasteiger charge is -2.04. The minimum absolute atomic E-state index is 0.0111. The number of hydrogen-bond donors (Lipinski definition) is 0. The van der Waals surface area contributed by atoms with Crippen LogP contribution in [0.1, 0.15) is 11.5 Å². The molecule has 3 rings (SSSR count). The molecule has 2 aromatic carbocycles. The molecular weight excluding hydrogens is 353 g/mol. The molecule has 2 aromatic rings. The normalized spacial score (nSPS) is 25.7. The van der Waals surface area contributed by atoms with Gasteiger partial charge in [-0.2, -0.15) is 5.26 Å². The van der Waals surface area contributed by atoms with Gasteiger partial charge in [-0.05, 0) is 42.0 Å². The van der Waals surface area contributed by atoms with Crippen molar-refractivity contribution < 1.29 is 17.6 Å². The molecule has 0 aromatic heterocycles. The summed E-state index contributed by atoms with van der Waals surface area (Å²) in [6.07, 6.45) is 0.374. The average molecular weight is 364 g/mol. The summed E-state index contributed by atoms with van der Waals surface area (Å²) < 4.78 is 38.8. The average Bonchev–Trinajstić information content (AvgIpc) is 3.26. The maximum atomic E-state index is 13.1. The second-order valence-corrected chi connectivity index (χ2v) is 8.12. The zero-order valence-corrected chi connectivity index (χ0v) is 13.8. The van der Waals surface area contributed by atoms with Crippen LogP contribution in [0.4, 0.5) is 4.39 Å². The van der Waals surface area contributed by atoms with Crippen LogP contribution in [0.2, 0.25) is 5.02 Å². The fourth-order valence-corrected chi connectivity index (χ4v) is 5.37. The van der Waals surface area contributed by atoms with Gasteiger partial charge in [0.1, 0.15) is 22.8 Å². The Morgan fingerprint density at radius 3 is 2.21 bits per heavy atom. The molecule has 0 aliphatic heterocycles. The van der Waals surface area contributed by atoms with Crippen LogP contribution in [0.15, 0.2) is 53.4 Å². The Labute approximate surface area is 143 Å². The lowest BCUT2D eigenvalue weighted by molar-refractivity contribution is -0.110. The van der Waals surface area contributed by atoms with Gasteiger partial charge in [-0.3, -0.25) is 0 Å². The first-order valence-corrected chi connectivity index (χ1v) is 8.92. The molecule has 0 bridgehead atoms. The first-order valence-electron chi connectivity index (χ1n) is 6.99. The van der Waals surface area contributed by atoms with Crippen LogP contribution in [-0.2, 0) is 14.6 Å². The predicted molar refractivity (Wildman–Crippen MR) is 85.7 cm³/mol. The largest absolute Gasteiger partial charge is 0.302 e. The fourth-order valence-electron chi connectivity index (χ4n) is 3.00. The Morgan fingerprint density at radius 2 is 1.71 bits per heavy atom. The van der Waals surface area contributed by atoms with E-state index in [4.69, 9.17) is 11.6 Å². The summed E-state index contributed by atoms with van der Waals surface area (Å²) in [7, 11) is -3.93. The molecule has 0 saturated heterocycles. The van der Waals surface area contributed by atoms with Gasteiger partial charge in [0.15, 0.2) is 9.84 Å². The van der Waals surface area contributed by atoms with Crippen LogP contribution >= 0.6 is 11.6 Å². The highest BCUT2D eigenvalue weighted by atomic mass is 35.5. The number of carbonyl (C=O) groups excluding carboxylic acids is 1. The Hall–Kier alpha value is -2.23. The molecule has 7 heteroatoms. The summed E-state index contributed by atoms with van der Waals surface area (Å²) in [6, 6.07) is 12.5. The summed E-state index contributed by atoms with van der Waals surface area (Å²) >= 11 is 5.77. The summed E-state index contributed by atoms with van der Waals surface area (Å²) in [5.41, 5.74) is -1.23. The van der Waals surface area contributed by atoms with Crippen LogP contribution in [0.25, 0.3) is 0 Å². The quantitative estimate of drug-likeness (QED) is 0.782. The molecule has 122 valence electrons. The van der Waals surface area contributed by atoms with Gasteiger partial charge in [-0.1, -0.05) is 23.7 Å². The van der Waals surface area contributed by atoms with E-state index < -0.39 is 32.2 Å².